The van der Waals surface area contributed by atoms with E-state index in [1.165, 1.54) is 19.3 Å². The Morgan fingerprint density at radius 1 is 0.929 bits per heavy atom. The Morgan fingerprint density at radius 3 is 2.14 bits per heavy atom. The van der Waals surface area contributed by atoms with Gasteiger partial charge >= 0.3 is 0 Å². The smallest absolute Gasteiger partial charge is 0.242 e. The quantitative estimate of drug-likeness (QED) is 0.813. The molecule has 1 aliphatic heterocycles. The number of amides is 2. The number of anilines is 1. The van der Waals surface area contributed by atoms with Gasteiger partial charge in [-0.3, -0.25) is 14.5 Å². The van der Waals surface area contributed by atoms with E-state index in [9.17, 15) is 9.59 Å². The van der Waals surface area contributed by atoms with Crippen molar-refractivity contribution in [2.24, 2.45) is 11.8 Å². The third kappa shape index (κ3) is 4.36. The molecule has 152 valence electrons. The van der Waals surface area contributed by atoms with Crippen LogP contribution in [-0.4, -0.2) is 53.8 Å². The third-order valence-corrected chi connectivity index (χ3v) is 6.95. The van der Waals surface area contributed by atoms with Gasteiger partial charge in [-0.2, -0.15) is 0 Å². The fourth-order valence-corrected chi connectivity index (χ4v) is 4.96. The van der Waals surface area contributed by atoms with Crippen LogP contribution in [0.3, 0.4) is 0 Å². The van der Waals surface area contributed by atoms with Crippen molar-refractivity contribution in [3.8, 4) is 0 Å². The van der Waals surface area contributed by atoms with Crippen LogP contribution in [0.25, 0.3) is 0 Å². The summed E-state index contributed by atoms with van der Waals surface area (Å²) in [5, 5.41) is 3.76. The Kier molecular flexibility index (Phi) is 6.22. The molecule has 1 aromatic rings. The van der Waals surface area contributed by atoms with Gasteiger partial charge in [0, 0.05) is 42.8 Å². The van der Waals surface area contributed by atoms with Gasteiger partial charge in [0.15, 0.2) is 0 Å². The van der Waals surface area contributed by atoms with Crippen LogP contribution in [0, 0.1) is 11.8 Å². The molecule has 0 radical (unpaired) electrons. The number of rotatable bonds is 5. The van der Waals surface area contributed by atoms with Gasteiger partial charge in [0.1, 0.15) is 0 Å². The lowest BCUT2D eigenvalue weighted by atomic mass is 9.84. The lowest BCUT2D eigenvalue weighted by Gasteiger charge is -2.42. The highest BCUT2D eigenvalue weighted by atomic mass is 35.5. The molecule has 0 aromatic heterocycles. The second kappa shape index (κ2) is 8.83. The van der Waals surface area contributed by atoms with Gasteiger partial charge in [-0.25, -0.2) is 0 Å². The van der Waals surface area contributed by atoms with Crippen molar-refractivity contribution >= 4 is 29.1 Å². The molecule has 2 amide bonds. The van der Waals surface area contributed by atoms with Gasteiger partial charge in [0.2, 0.25) is 11.8 Å². The second-order valence-electron chi connectivity index (χ2n) is 8.47. The standard InChI is InChI=1S/C22H30ClN3O2/c23-18-8-10-19(11-9-18)24-21(27)20(16-4-1-2-5-16)25-12-14-26(15-13-25)22(28)17-6-3-7-17/h8-11,16-17,20H,1-7,12-15H2,(H,24,27)/t20-/m1/s1. The summed E-state index contributed by atoms with van der Waals surface area (Å²) in [7, 11) is 0. The molecule has 2 aliphatic carbocycles. The predicted octanol–water partition coefficient (Wildman–Crippen LogP) is 3.78. The molecule has 2 saturated carbocycles. The molecule has 1 atom stereocenters. The summed E-state index contributed by atoms with van der Waals surface area (Å²) in [5.74, 6) is 1.06. The highest BCUT2D eigenvalue weighted by Gasteiger charge is 2.38. The molecule has 1 aromatic carbocycles. The monoisotopic (exact) mass is 403 g/mol. The summed E-state index contributed by atoms with van der Waals surface area (Å²) in [6, 6.07) is 7.18. The Balaban J connectivity index is 1.40. The fourth-order valence-electron chi connectivity index (χ4n) is 4.83. The van der Waals surface area contributed by atoms with E-state index in [0.29, 0.717) is 16.8 Å². The molecule has 6 heteroatoms. The Morgan fingerprint density at radius 2 is 1.57 bits per heavy atom. The summed E-state index contributed by atoms with van der Waals surface area (Å²) in [6.07, 6.45) is 7.91. The lowest BCUT2D eigenvalue weighted by Crippen LogP contribution is -2.57. The molecule has 4 rings (SSSR count). The van der Waals surface area contributed by atoms with E-state index >= 15 is 0 Å². The van der Waals surface area contributed by atoms with Crippen molar-refractivity contribution in [2.45, 2.75) is 51.0 Å². The molecule has 0 spiro atoms. The SMILES string of the molecule is O=C(Nc1ccc(Cl)cc1)[C@@H](C1CCCC1)N1CCN(C(=O)C2CCC2)CC1. The van der Waals surface area contributed by atoms with Crippen LogP contribution >= 0.6 is 11.6 Å². The lowest BCUT2D eigenvalue weighted by molar-refractivity contribution is -0.140. The Bertz CT molecular complexity index is 690. The van der Waals surface area contributed by atoms with Crippen LogP contribution in [0.1, 0.15) is 44.9 Å². The first-order valence-electron chi connectivity index (χ1n) is 10.7. The molecule has 5 nitrogen and oxygen atoms in total. The van der Waals surface area contributed by atoms with Gasteiger partial charge < -0.3 is 10.2 Å². The number of piperazine rings is 1. The molecular formula is C22H30ClN3O2. The summed E-state index contributed by atoms with van der Waals surface area (Å²) in [6.45, 7) is 3.06. The number of hydrogen-bond acceptors (Lipinski definition) is 3. The molecule has 1 N–H and O–H groups in total. The second-order valence-corrected chi connectivity index (χ2v) is 8.91. The number of benzene rings is 1. The average molecular weight is 404 g/mol. The number of carbonyl (C=O) groups is 2. The maximum Gasteiger partial charge on any atom is 0.242 e. The molecule has 28 heavy (non-hydrogen) atoms. The topological polar surface area (TPSA) is 52.7 Å². The van der Waals surface area contributed by atoms with E-state index in [1.807, 2.05) is 17.0 Å². The van der Waals surface area contributed by atoms with E-state index in [2.05, 4.69) is 10.2 Å². The minimum absolute atomic E-state index is 0.0768. The van der Waals surface area contributed by atoms with E-state index in [-0.39, 0.29) is 17.9 Å². The zero-order valence-corrected chi connectivity index (χ0v) is 17.2. The van der Waals surface area contributed by atoms with Gasteiger partial charge in [0.05, 0.1) is 6.04 Å². The van der Waals surface area contributed by atoms with Crippen molar-refractivity contribution in [1.82, 2.24) is 9.80 Å². The third-order valence-electron chi connectivity index (χ3n) is 6.70. The molecular weight excluding hydrogens is 374 g/mol. The van der Waals surface area contributed by atoms with Crippen LogP contribution < -0.4 is 5.32 Å². The fraction of sp³-hybridized carbons (Fsp3) is 0.636. The first-order chi connectivity index (χ1) is 13.6. The first kappa shape index (κ1) is 19.7. The highest BCUT2D eigenvalue weighted by Crippen LogP contribution is 2.33. The van der Waals surface area contributed by atoms with Crippen molar-refractivity contribution in [1.29, 1.82) is 0 Å². The van der Waals surface area contributed by atoms with E-state index < -0.39 is 0 Å². The number of hydrogen-bond donors (Lipinski definition) is 1. The van der Waals surface area contributed by atoms with Crippen molar-refractivity contribution in [3.63, 3.8) is 0 Å². The summed E-state index contributed by atoms with van der Waals surface area (Å²) in [5.41, 5.74) is 0.788. The normalized spacial score (nSPS) is 22.7. The maximum atomic E-state index is 13.2. The molecule has 1 saturated heterocycles. The molecule has 3 fully saturated rings. The molecule has 3 aliphatic rings. The minimum atomic E-state index is -0.112. The zero-order valence-electron chi connectivity index (χ0n) is 16.4. The number of carbonyl (C=O) groups excluding carboxylic acids is 2. The van der Waals surface area contributed by atoms with Crippen LogP contribution in [0.4, 0.5) is 5.69 Å². The predicted molar refractivity (Wildman–Crippen MR) is 111 cm³/mol. The van der Waals surface area contributed by atoms with Gasteiger partial charge in [-0.1, -0.05) is 30.9 Å². The summed E-state index contributed by atoms with van der Waals surface area (Å²) in [4.78, 5) is 30.1. The molecule has 0 unspecified atom stereocenters. The number of nitrogens with one attached hydrogen (secondary N) is 1. The van der Waals surface area contributed by atoms with E-state index in [4.69, 9.17) is 11.6 Å². The largest absolute Gasteiger partial charge is 0.340 e. The Labute approximate surface area is 172 Å². The molecule has 1 heterocycles. The number of halogens is 1. The maximum absolute atomic E-state index is 13.2. The minimum Gasteiger partial charge on any atom is -0.340 e. The highest BCUT2D eigenvalue weighted by molar-refractivity contribution is 6.30. The van der Waals surface area contributed by atoms with Crippen LogP contribution in [0.5, 0.6) is 0 Å². The van der Waals surface area contributed by atoms with Crippen LogP contribution in [0.15, 0.2) is 24.3 Å². The van der Waals surface area contributed by atoms with Crippen LogP contribution in [-0.2, 0) is 9.59 Å². The van der Waals surface area contributed by atoms with Crippen molar-refractivity contribution in [2.75, 3.05) is 31.5 Å². The summed E-state index contributed by atoms with van der Waals surface area (Å²) < 4.78 is 0. The van der Waals surface area contributed by atoms with Crippen LogP contribution in [0.2, 0.25) is 5.02 Å². The van der Waals surface area contributed by atoms with Gasteiger partial charge in [0.25, 0.3) is 0 Å². The van der Waals surface area contributed by atoms with E-state index in [1.54, 1.807) is 12.1 Å². The average Bonchev–Trinajstić information content (AvgIpc) is 3.17. The van der Waals surface area contributed by atoms with Crippen molar-refractivity contribution < 1.29 is 9.59 Å². The number of nitrogens with zero attached hydrogens (tertiary/aromatic N) is 2. The Hall–Kier alpha value is -1.59. The van der Waals surface area contributed by atoms with Crippen molar-refractivity contribution in [3.05, 3.63) is 29.3 Å². The van der Waals surface area contributed by atoms with Gasteiger partial charge in [-0.15, -0.1) is 0 Å². The van der Waals surface area contributed by atoms with Gasteiger partial charge in [-0.05, 0) is 55.9 Å². The van der Waals surface area contributed by atoms with E-state index in [0.717, 1.165) is 57.5 Å². The summed E-state index contributed by atoms with van der Waals surface area (Å²) >= 11 is 5.96. The molecule has 0 bridgehead atoms. The first-order valence-corrected chi connectivity index (χ1v) is 11.1. The zero-order chi connectivity index (χ0) is 19.5.